The highest BCUT2D eigenvalue weighted by molar-refractivity contribution is 6.20. The van der Waals surface area contributed by atoms with E-state index in [0.29, 0.717) is 0 Å². The Morgan fingerprint density at radius 2 is 0.873 bits per heavy atom. The molecule has 11 aromatic rings. The Bertz CT molecular complexity index is 3210. The Hall–Kier alpha value is -7.24. The van der Waals surface area contributed by atoms with Crippen LogP contribution in [0.2, 0.25) is 0 Å². The van der Waals surface area contributed by atoms with E-state index >= 15 is 0 Å². The first-order valence-electron chi connectivity index (χ1n) is 18.8. The van der Waals surface area contributed by atoms with Gasteiger partial charge in [-0.15, -0.1) is 0 Å². The van der Waals surface area contributed by atoms with Crippen LogP contribution in [0.1, 0.15) is 6.92 Å². The van der Waals surface area contributed by atoms with Crippen molar-refractivity contribution in [3.05, 3.63) is 182 Å². The van der Waals surface area contributed by atoms with Crippen molar-refractivity contribution < 1.29 is 8.83 Å². The number of anilines is 6. The van der Waals surface area contributed by atoms with Gasteiger partial charge in [0, 0.05) is 45.0 Å². The van der Waals surface area contributed by atoms with Gasteiger partial charge >= 0.3 is 0 Å². The highest BCUT2D eigenvalue weighted by Crippen LogP contribution is 2.51. The number of fused-ring (bicyclic) bond motifs is 9. The van der Waals surface area contributed by atoms with Crippen LogP contribution in [0.15, 0.2) is 191 Å². The average Bonchev–Trinajstić information content (AvgIpc) is 3.92. The summed E-state index contributed by atoms with van der Waals surface area (Å²) in [6.07, 6.45) is 0. The molecule has 0 saturated heterocycles. The van der Waals surface area contributed by atoms with E-state index in [1.807, 2.05) is 18.2 Å². The first kappa shape index (κ1) is 31.3. The molecule has 5 nitrogen and oxygen atoms in total. The van der Waals surface area contributed by atoms with Crippen molar-refractivity contribution in [1.29, 1.82) is 0 Å². The van der Waals surface area contributed by atoms with Crippen molar-refractivity contribution in [2.24, 2.45) is 0 Å². The van der Waals surface area contributed by atoms with E-state index in [4.69, 9.17) is 8.83 Å². The highest BCUT2D eigenvalue weighted by Gasteiger charge is 2.27. The fourth-order valence-corrected chi connectivity index (χ4v) is 8.66. The van der Waals surface area contributed by atoms with Gasteiger partial charge in [0.25, 0.3) is 0 Å². The summed E-state index contributed by atoms with van der Waals surface area (Å²) in [6, 6.07) is 64.4. The standard InChI is InChI=1S/C50H35N3O2/c1-2-51-39-24-12-9-21-36(39)48-42(51)31-35(52(33-17-5-3-6-18-33)40-25-15-29-46-49(40)37-22-10-13-27-44(37)54-46)32-43(48)53(34-19-7-4-8-20-34)41-26-16-30-47-50(41)38-23-11-14-28-45(38)55-47/h3-32H,2H2,1H3. The maximum atomic E-state index is 6.49. The number of furan rings is 2. The largest absolute Gasteiger partial charge is 0.456 e. The lowest BCUT2D eigenvalue weighted by atomic mass is 10.0. The lowest BCUT2D eigenvalue weighted by Crippen LogP contribution is -2.14. The van der Waals surface area contributed by atoms with Gasteiger partial charge in [0.05, 0.1) is 39.0 Å². The van der Waals surface area contributed by atoms with Gasteiger partial charge in [0.1, 0.15) is 22.3 Å². The molecule has 0 radical (unpaired) electrons. The summed E-state index contributed by atoms with van der Waals surface area (Å²) in [5, 5.41) is 6.72. The number of nitrogens with zero attached hydrogens (tertiary/aromatic N) is 3. The van der Waals surface area contributed by atoms with Gasteiger partial charge in [-0.2, -0.15) is 0 Å². The Balaban J connectivity index is 1.30. The molecule has 0 aliphatic carbocycles. The first-order chi connectivity index (χ1) is 27.3. The zero-order valence-corrected chi connectivity index (χ0v) is 30.2. The molecule has 11 rings (SSSR count). The minimum absolute atomic E-state index is 0.813. The predicted octanol–water partition coefficient (Wildman–Crippen LogP) is 14.6. The zero-order valence-electron chi connectivity index (χ0n) is 30.2. The second kappa shape index (κ2) is 12.4. The van der Waals surface area contributed by atoms with Crippen LogP contribution in [0.4, 0.5) is 34.1 Å². The van der Waals surface area contributed by atoms with Gasteiger partial charge in [-0.25, -0.2) is 0 Å². The molecule has 0 unspecified atom stereocenters. The van der Waals surface area contributed by atoms with Crippen molar-refractivity contribution in [3.63, 3.8) is 0 Å². The van der Waals surface area contributed by atoms with Crippen LogP contribution in [0.25, 0.3) is 65.7 Å². The Labute approximate surface area is 317 Å². The van der Waals surface area contributed by atoms with Crippen molar-refractivity contribution >= 4 is 99.8 Å². The molecular weight excluding hydrogens is 675 g/mol. The summed E-state index contributed by atoms with van der Waals surface area (Å²) < 4.78 is 15.4. The smallest absolute Gasteiger partial charge is 0.137 e. The van der Waals surface area contributed by atoms with Crippen molar-refractivity contribution in [2.75, 3.05) is 9.80 Å². The lowest BCUT2D eigenvalue weighted by molar-refractivity contribution is 0.668. The van der Waals surface area contributed by atoms with E-state index < -0.39 is 0 Å². The summed E-state index contributed by atoms with van der Waals surface area (Å²) in [7, 11) is 0. The zero-order chi connectivity index (χ0) is 36.5. The SMILES string of the molecule is CCn1c2ccccc2c2c(N(c3ccccc3)c3cccc4oc5ccccc5c34)cc(N(c3ccccc3)c3cccc4oc5ccccc5c34)cc21. The van der Waals surface area contributed by atoms with Crippen molar-refractivity contribution in [3.8, 4) is 0 Å². The Kier molecular flexibility index (Phi) is 7.07. The van der Waals surface area contributed by atoms with Crippen molar-refractivity contribution in [1.82, 2.24) is 4.57 Å². The van der Waals surface area contributed by atoms with Gasteiger partial charge < -0.3 is 23.2 Å². The van der Waals surface area contributed by atoms with Gasteiger partial charge in [-0.3, -0.25) is 0 Å². The van der Waals surface area contributed by atoms with E-state index in [9.17, 15) is 0 Å². The number of benzene rings is 8. The summed E-state index contributed by atoms with van der Waals surface area (Å²) >= 11 is 0. The molecule has 3 heterocycles. The molecule has 55 heavy (non-hydrogen) atoms. The predicted molar refractivity (Wildman–Crippen MR) is 229 cm³/mol. The Morgan fingerprint density at radius 1 is 0.382 bits per heavy atom. The number of rotatable bonds is 7. The molecule has 8 aromatic carbocycles. The number of aryl methyl sites for hydroxylation is 1. The molecule has 0 amide bonds. The summed E-state index contributed by atoms with van der Waals surface area (Å²) in [4.78, 5) is 4.82. The average molecular weight is 710 g/mol. The molecule has 0 saturated carbocycles. The summed E-state index contributed by atoms with van der Waals surface area (Å²) in [5.41, 5.74) is 12.1. The third-order valence-corrected chi connectivity index (χ3v) is 10.9. The second-order valence-electron chi connectivity index (χ2n) is 14.0. The van der Waals surface area contributed by atoms with Crippen LogP contribution >= 0.6 is 0 Å². The molecule has 3 aromatic heterocycles. The topological polar surface area (TPSA) is 37.7 Å². The molecule has 0 aliphatic rings. The van der Waals surface area contributed by atoms with E-state index in [-0.39, 0.29) is 0 Å². The number of aromatic nitrogens is 1. The normalized spacial score (nSPS) is 11.8. The molecule has 0 atom stereocenters. The quantitative estimate of drug-likeness (QED) is 0.165. The number of hydrogen-bond acceptors (Lipinski definition) is 4. The fourth-order valence-electron chi connectivity index (χ4n) is 8.66. The van der Waals surface area contributed by atoms with Gasteiger partial charge in [0.2, 0.25) is 0 Å². The third kappa shape index (κ3) is 4.80. The molecule has 0 spiro atoms. The van der Waals surface area contributed by atoms with E-state index in [2.05, 4.69) is 185 Å². The monoisotopic (exact) mass is 709 g/mol. The summed E-state index contributed by atoms with van der Waals surface area (Å²) in [6.45, 7) is 3.05. The van der Waals surface area contributed by atoms with E-state index in [1.165, 1.54) is 16.3 Å². The van der Waals surface area contributed by atoms with Crippen LogP contribution in [0.3, 0.4) is 0 Å². The number of para-hydroxylation sites is 5. The molecule has 0 N–H and O–H groups in total. The van der Waals surface area contributed by atoms with Crippen molar-refractivity contribution in [2.45, 2.75) is 13.5 Å². The third-order valence-electron chi connectivity index (χ3n) is 10.9. The van der Waals surface area contributed by atoms with Crippen LogP contribution in [-0.2, 0) is 6.54 Å². The van der Waals surface area contributed by atoms with Gasteiger partial charge in [-0.05, 0) is 85.8 Å². The molecular formula is C50H35N3O2. The maximum absolute atomic E-state index is 6.49. The molecule has 0 aliphatic heterocycles. The molecule has 0 fully saturated rings. The minimum atomic E-state index is 0.813. The van der Waals surface area contributed by atoms with Crippen LogP contribution < -0.4 is 9.80 Å². The first-order valence-corrected chi connectivity index (χ1v) is 18.8. The van der Waals surface area contributed by atoms with Gasteiger partial charge in [-0.1, -0.05) is 103 Å². The fraction of sp³-hybridized carbons (Fsp3) is 0.0400. The molecule has 262 valence electrons. The molecule has 5 heteroatoms. The second-order valence-corrected chi connectivity index (χ2v) is 14.0. The maximum Gasteiger partial charge on any atom is 0.137 e. The van der Waals surface area contributed by atoms with Crippen LogP contribution in [0, 0.1) is 0 Å². The van der Waals surface area contributed by atoms with Crippen LogP contribution in [0.5, 0.6) is 0 Å². The van der Waals surface area contributed by atoms with Crippen LogP contribution in [-0.4, -0.2) is 4.57 Å². The molecule has 0 bridgehead atoms. The summed E-state index contributed by atoms with van der Waals surface area (Å²) in [5.74, 6) is 0. The number of hydrogen-bond donors (Lipinski definition) is 0. The van der Waals surface area contributed by atoms with E-state index in [1.54, 1.807) is 0 Å². The minimum Gasteiger partial charge on any atom is -0.456 e. The Morgan fingerprint density at radius 3 is 1.47 bits per heavy atom. The lowest BCUT2D eigenvalue weighted by Gasteiger charge is -2.31. The van der Waals surface area contributed by atoms with Gasteiger partial charge in [0.15, 0.2) is 0 Å². The highest BCUT2D eigenvalue weighted by atomic mass is 16.3. The van der Waals surface area contributed by atoms with E-state index in [0.717, 1.165) is 90.1 Å².